The summed E-state index contributed by atoms with van der Waals surface area (Å²) in [6, 6.07) is 7.61. The van der Waals surface area contributed by atoms with Crippen LogP contribution in [0.2, 0.25) is 0 Å². The molecule has 8 nitrogen and oxygen atoms in total. The van der Waals surface area contributed by atoms with Crippen LogP contribution in [0.4, 0.5) is 0 Å². The van der Waals surface area contributed by atoms with E-state index in [0.29, 0.717) is 48.2 Å². The lowest BCUT2D eigenvalue weighted by Gasteiger charge is -2.72. The summed E-state index contributed by atoms with van der Waals surface area (Å²) in [6.45, 7) is 26.3. The highest BCUT2D eigenvalue weighted by atomic mass is 16.4. The largest absolute Gasteiger partial charge is 0.478 e. The smallest absolute Gasteiger partial charge is 0.335 e. The fourth-order valence-electron chi connectivity index (χ4n) is 15.3. The van der Waals surface area contributed by atoms with E-state index in [4.69, 9.17) is 0 Å². The topological polar surface area (TPSA) is 93.2 Å². The van der Waals surface area contributed by atoms with Gasteiger partial charge in [-0.2, -0.15) is 0 Å². The number of hydrogen-bond donors (Lipinski definition) is 2. The van der Waals surface area contributed by atoms with Crippen LogP contribution >= 0.6 is 0 Å². The zero-order chi connectivity index (χ0) is 40.5. The predicted octanol–water partition coefficient (Wildman–Crippen LogP) is 8.53. The third kappa shape index (κ3) is 6.57. The molecule has 3 unspecified atom stereocenters. The molecule has 8 heteroatoms. The lowest BCUT2D eigenvalue weighted by Crippen LogP contribution is -2.68. The van der Waals surface area contributed by atoms with Crippen molar-refractivity contribution in [1.29, 1.82) is 0 Å². The number of rotatable bonds is 7. The Labute approximate surface area is 343 Å². The van der Waals surface area contributed by atoms with Gasteiger partial charge in [-0.25, -0.2) is 4.79 Å². The third-order valence-corrected chi connectivity index (χ3v) is 18.5. The number of piperidine rings is 1. The Morgan fingerprint density at radius 1 is 0.772 bits per heavy atom. The number of nitrogens with one attached hydrogen (secondary N) is 1. The van der Waals surface area contributed by atoms with Gasteiger partial charge in [0.25, 0.3) is 0 Å². The van der Waals surface area contributed by atoms with Gasteiger partial charge in [0.2, 0.25) is 0 Å². The molecular weight excluding hydrogens is 709 g/mol. The molecule has 0 aromatic heterocycles. The van der Waals surface area contributed by atoms with Gasteiger partial charge in [0, 0.05) is 57.9 Å². The Hall–Kier alpha value is -2.97. The summed E-state index contributed by atoms with van der Waals surface area (Å²) in [7, 11) is 0. The highest BCUT2D eigenvalue weighted by Gasteiger charge is 2.70. The number of nitrogens with zero attached hydrogens (tertiary/aromatic N) is 3. The molecule has 2 aliphatic heterocycles. The zero-order valence-corrected chi connectivity index (χ0v) is 36.1. The van der Waals surface area contributed by atoms with E-state index in [2.05, 4.69) is 64.4 Å². The van der Waals surface area contributed by atoms with Crippen molar-refractivity contribution in [2.45, 2.75) is 124 Å². The molecule has 8 rings (SSSR count). The first-order valence-corrected chi connectivity index (χ1v) is 22.8. The number of piperazine rings is 1. The Balaban J connectivity index is 0.957. The average molecular weight is 781 g/mol. The van der Waals surface area contributed by atoms with E-state index in [0.717, 1.165) is 65.0 Å². The number of aromatic carboxylic acids is 1. The van der Waals surface area contributed by atoms with Gasteiger partial charge >= 0.3 is 17.8 Å². The summed E-state index contributed by atoms with van der Waals surface area (Å²) in [6.07, 6.45) is 16.9. The molecule has 2 N–H and O–H groups in total. The van der Waals surface area contributed by atoms with Crippen molar-refractivity contribution in [3.05, 3.63) is 53.6 Å². The lowest BCUT2D eigenvalue weighted by molar-refractivity contribution is -0.219. The molecule has 57 heavy (non-hydrogen) atoms. The van der Waals surface area contributed by atoms with Crippen molar-refractivity contribution in [1.82, 2.24) is 20.0 Å². The second kappa shape index (κ2) is 14.9. The highest BCUT2D eigenvalue weighted by molar-refractivity contribution is 6.34. The zero-order valence-electron chi connectivity index (χ0n) is 36.1. The second-order valence-electron chi connectivity index (χ2n) is 21.2. The van der Waals surface area contributed by atoms with Gasteiger partial charge in [0.05, 0.1) is 5.56 Å². The molecule has 2 saturated heterocycles. The SMILES string of the molecule is C=C(C)[C@@H]1CC[C@]2(NCCN3CCN(C(=O)C(=O)N4CCCCC4)CC3)CC[C@]3(C)[C@H](CCC4[C@@]5(C)CC=C(c6ccc(C(=O)O)cc6)C(C)(C)C5CC[C@]43C)C12. The minimum absolute atomic E-state index is 0.00559. The van der Waals surface area contributed by atoms with Gasteiger partial charge in [-0.3, -0.25) is 14.5 Å². The summed E-state index contributed by atoms with van der Waals surface area (Å²) < 4.78 is 0. The molecule has 0 radical (unpaired) electrons. The van der Waals surface area contributed by atoms with E-state index < -0.39 is 5.97 Å². The number of benzene rings is 1. The van der Waals surface area contributed by atoms with Crippen LogP contribution in [0.15, 0.2) is 42.5 Å². The molecule has 0 spiro atoms. The van der Waals surface area contributed by atoms with Crippen molar-refractivity contribution in [2.75, 3.05) is 52.4 Å². The third-order valence-electron chi connectivity index (χ3n) is 18.5. The fraction of sp³-hybridized carbons (Fsp3) is 0.735. The first-order chi connectivity index (χ1) is 27.1. The molecular formula is C49H72N4O4. The van der Waals surface area contributed by atoms with Crippen molar-refractivity contribution in [3.8, 4) is 0 Å². The first-order valence-electron chi connectivity index (χ1n) is 22.8. The predicted molar refractivity (Wildman–Crippen MR) is 227 cm³/mol. The molecule has 6 fully saturated rings. The van der Waals surface area contributed by atoms with Crippen LogP contribution in [0.5, 0.6) is 0 Å². The van der Waals surface area contributed by atoms with Crippen molar-refractivity contribution < 1.29 is 19.5 Å². The van der Waals surface area contributed by atoms with Crippen LogP contribution in [0, 0.1) is 51.2 Å². The second-order valence-corrected chi connectivity index (χ2v) is 21.2. The maximum absolute atomic E-state index is 13.1. The van der Waals surface area contributed by atoms with E-state index >= 15 is 0 Å². The monoisotopic (exact) mass is 781 g/mol. The van der Waals surface area contributed by atoms with Crippen LogP contribution in [0.25, 0.3) is 5.57 Å². The highest BCUT2D eigenvalue weighted by Crippen LogP contribution is 2.76. The van der Waals surface area contributed by atoms with E-state index in [9.17, 15) is 19.5 Å². The molecule has 312 valence electrons. The normalized spacial score (nSPS) is 38.9. The molecule has 2 heterocycles. The van der Waals surface area contributed by atoms with Gasteiger partial charge in [-0.1, -0.05) is 65.0 Å². The standard InChI is InChI=1S/C49H72N4O4/c1-33(2)36-17-22-49(50-25-28-51-29-31-53(32-30-51)43(55)42(54)52-26-9-8-10-27-52)24-23-47(6)38(41(36)49)15-16-40-46(5)20-18-37(34-11-13-35(14-12-34)44(56)57)45(3,4)39(46)19-21-48(40,47)7/h11-14,18,36,38-41,50H,1,8-10,15-17,19-32H2,2-7H3,(H,56,57)/t36-,38+,39?,40?,41?,46-,47+,48+,49-/m0/s1. The summed E-state index contributed by atoms with van der Waals surface area (Å²) in [5, 5.41) is 13.8. The number of carboxylic acid groups (broad SMARTS) is 1. The number of amides is 2. The molecule has 4 saturated carbocycles. The summed E-state index contributed by atoms with van der Waals surface area (Å²) >= 11 is 0. The summed E-state index contributed by atoms with van der Waals surface area (Å²) in [5.74, 6) is 1.62. The first kappa shape index (κ1) is 40.8. The number of fused-ring (bicyclic) bond motifs is 7. The molecule has 0 bridgehead atoms. The number of carbonyl (C=O) groups is 3. The minimum atomic E-state index is -0.868. The molecule has 9 atom stereocenters. The number of carbonyl (C=O) groups excluding carboxylic acids is 2. The molecule has 1 aromatic carbocycles. The molecule has 1 aromatic rings. The van der Waals surface area contributed by atoms with E-state index in [-0.39, 0.29) is 39.0 Å². The van der Waals surface area contributed by atoms with Crippen molar-refractivity contribution in [2.24, 2.45) is 51.2 Å². The molecule has 7 aliphatic rings. The minimum Gasteiger partial charge on any atom is -0.478 e. The summed E-state index contributed by atoms with van der Waals surface area (Å²) in [4.78, 5) is 43.6. The Morgan fingerprint density at radius 2 is 1.44 bits per heavy atom. The van der Waals surface area contributed by atoms with Crippen LogP contribution in [0.1, 0.15) is 135 Å². The van der Waals surface area contributed by atoms with Crippen molar-refractivity contribution >= 4 is 23.4 Å². The van der Waals surface area contributed by atoms with Crippen LogP contribution < -0.4 is 5.32 Å². The Bertz CT molecular complexity index is 1770. The Kier molecular flexibility index (Phi) is 10.7. The maximum Gasteiger partial charge on any atom is 0.335 e. The van der Waals surface area contributed by atoms with Crippen LogP contribution in [0.3, 0.4) is 0 Å². The molecule has 5 aliphatic carbocycles. The average Bonchev–Trinajstić information content (AvgIpc) is 3.58. The van der Waals surface area contributed by atoms with Gasteiger partial charge in [-0.05, 0) is 158 Å². The van der Waals surface area contributed by atoms with Crippen molar-refractivity contribution in [3.63, 3.8) is 0 Å². The van der Waals surface area contributed by atoms with E-state index in [1.807, 2.05) is 12.1 Å². The quantitative estimate of drug-likeness (QED) is 0.213. The van der Waals surface area contributed by atoms with E-state index in [1.54, 1.807) is 21.9 Å². The van der Waals surface area contributed by atoms with Gasteiger partial charge in [0.1, 0.15) is 0 Å². The Morgan fingerprint density at radius 3 is 2.09 bits per heavy atom. The number of hydrogen-bond acceptors (Lipinski definition) is 5. The molecule has 2 amide bonds. The van der Waals surface area contributed by atoms with E-state index in [1.165, 1.54) is 68.1 Å². The lowest BCUT2D eigenvalue weighted by atomic mass is 9.33. The fourth-order valence-corrected chi connectivity index (χ4v) is 15.3. The summed E-state index contributed by atoms with van der Waals surface area (Å²) in [5.41, 5.74) is 5.22. The van der Waals surface area contributed by atoms with Gasteiger partial charge in [0.15, 0.2) is 0 Å². The van der Waals surface area contributed by atoms with Crippen LogP contribution in [-0.4, -0.2) is 95.5 Å². The number of carboxylic acids is 1. The van der Waals surface area contributed by atoms with Gasteiger partial charge in [-0.15, -0.1) is 0 Å². The van der Waals surface area contributed by atoms with Crippen LogP contribution in [-0.2, 0) is 9.59 Å². The van der Waals surface area contributed by atoms with Gasteiger partial charge < -0.3 is 20.2 Å². The number of allylic oxidation sites excluding steroid dienone is 3. The maximum atomic E-state index is 13.1. The number of likely N-dealkylation sites (tertiary alicyclic amines) is 1.